The average Bonchev–Trinajstić information content (AvgIpc) is 2.82. The van der Waals surface area contributed by atoms with Crippen molar-refractivity contribution in [2.75, 3.05) is 17.3 Å². The van der Waals surface area contributed by atoms with E-state index in [2.05, 4.69) is 10.6 Å². The Morgan fingerprint density at radius 2 is 1.68 bits per heavy atom. The molecule has 0 bridgehead atoms. The lowest BCUT2D eigenvalue weighted by Crippen LogP contribution is -2.57. The highest BCUT2D eigenvalue weighted by Crippen LogP contribution is 2.36. The molecule has 7 nitrogen and oxygen atoms in total. The maximum Gasteiger partial charge on any atom is 0.408 e. The Balaban J connectivity index is 2.07. The normalized spacial score (nSPS) is 15.0. The Morgan fingerprint density at radius 1 is 1.02 bits per heavy atom. The number of thioether (sulfide) groups is 1. The summed E-state index contributed by atoms with van der Waals surface area (Å²) in [5, 5.41) is 5.99. The van der Waals surface area contributed by atoms with Crippen LogP contribution in [0.25, 0.3) is 0 Å². The highest BCUT2D eigenvalue weighted by Gasteiger charge is 2.42. The zero-order valence-electron chi connectivity index (χ0n) is 25.2. The summed E-state index contributed by atoms with van der Waals surface area (Å²) in [5.74, 6) is 0.157. The number of hydrogen-bond donors (Lipinski definition) is 2. The topological polar surface area (TPSA) is 87.7 Å². The number of aryl methyl sites for hydroxylation is 4. The number of benzene rings is 2. The first-order valence-electron chi connectivity index (χ1n) is 14.1. The summed E-state index contributed by atoms with van der Waals surface area (Å²) in [7, 11) is 0. The minimum absolute atomic E-state index is 0.0980. The van der Waals surface area contributed by atoms with Crippen LogP contribution in [0.3, 0.4) is 0 Å². The molecule has 8 heteroatoms. The Morgan fingerprint density at radius 3 is 2.20 bits per heavy atom. The van der Waals surface area contributed by atoms with Gasteiger partial charge in [0.25, 0.3) is 5.91 Å². The molecule has 2 unspecified atom stereocenters. The standard InChI is InChI=1S/C32H45N3O4S/c1-20-15-16-25(23(4)19-20)28(29(36)34-27-21(2)11-9-12-22(27)3)35(24-13-10-14-24)30(37)26(17-18-40-8)33-31(38)39-32(5,6)7/h9,11-12,15-16,19,24,26,28H,10,13-14,17-18H2,1-8H3,(H,33,38)(H,34,36). The van der Waals surface area contributed by atoms with Gasteiger partial charge in [-0.15, -0.1) is 0 Å². The third kappa shape index (κ3) is 8.03. The van der Waals surface area contributed by atoms with Crippen molar-refractivity contribution < 1.29 is 19.1 Å². The number of rotatable bonds is 10. The van der Waals surface area contributed by atoms with Crippen molar-refractivity contribution in [3.8, 4) is 0 Å². The van der Waals surface area contributed by atoms with Crippen molar-refractivity contribution >= 4 is 35.4 Å². The van der Waals surface area contributed by atoms with Crippen molar-refractivity contribution in [2.45, 2.75) is 97.9 Å². The minimum atomic E-state index is -0.852. The molecular weight excluding hydrogens is 522 g/mol. The van der Waals surface area contributed by atoms with E-state index in [9.17, 15) is 14.4 Å². The van der Waals surface area contributed by atoms with E-state index in [0.29, 0.717) is 12.2 Å². The number of carbonyl (C=O) groups is 3. The van der Waals surface area contributed by atoms with Gasteiger partial charge in [0.1, 0.15) is 17.7 Å². The minimum Gasteiger partial charge on any atom is -0.444 e. The first kappa shape index (κ1) is 31.5. The number of nitrogens with zero attached hydrogens (tertiary/aromatic N) is 1. The molecule has 0 saturated heterocycles. The van der Waals surface area contributed by atoms with E-state index >= 15 is 0 Å². The van der Waals surface area contributed by atoms with Crippen LogP contribution in [0.1, 0.15) is 80.3 Å². The molecule has 1 aliphatic rings. The van der Waals surface area contributed by atoms with Gasteiger partial charge in [0.15, 0.2) is 0 Å². The van der Waals surface area contributed by atoms with Crippen LogP contribution in [0.4, 0.5) is 10.5 Å². The zero-order chi connectivity index (χ0) is 29.6. The van der Waals surface area contributed by atoms with Crippen LogP contribution in [0.2, 0.25) is 0 Å². The Labute approximate surface area is 243 Å². The SMILES string of the molecule is CSCCC(NC(=O)OC(C)(C)C)C(=O)N(C1CCC1)C(C(=O)Nc1c(C)cccc1C)c1ccc(C)cc1C. The summed E-state index contributed by atoms with van der Waals surface area (Å²) in [6, 6.07) is 10.1. The van der Waals surface area contributed by atoms with Gasteiger partial charge in [-0.05, 0) is 108 Å². The van der Waals surface area contributed by atoms with Crippen LogP contribution in [0, 0.1) is 27.7 Å². The molecule has 1 saturated carbocycles. The first-order chi connectivity index (χ1) is 18.8. The number of amides is 3. The fraction of sp³-hybridized carbons (Fsp3) is 0.531. The maximum absolute atomic E-state index is 14.4. The van der Waals surface area contributed by atoms with Crippen molar-refractivity contribution in [3.05, 3.63) is 64.2 Å². The number of anilines is 1. The first-order valence-corrected chi connectivity index (χ1v) is 15.5. The molecule has 2 aromatic carbocycles. The third-order valence-corrected chi connectivity index (χ3v) is 7.94. The van der Waals surface area contributed by atoms with Crippen LogP contribution in [-0.4, -0.2) is 52.5 Å². The van der Waals surface area contributed by atoms with E-state index in [1.54, 1.807) is 37.4 Å². The van der Waals surface area contributed by atoms with E-state index in [1.807, 2.05) is 70.3 Å². The molecule has 0 heterocycles. The summed E-state index contributed by atoms with van der Waals surface area (Å²) in [6.07, 6.45) is 4.37. The lowest BCUT2D eigenvalue weighted by molar-refractivity contribution is -0.145. The monoisotopic (exact) mass is 567 g/mol. The number of alkyl carbamates (subject to hydrolysis) is 1. The quantitative estimate of drug-likeness (QED) is 0.337. The van der Waals surface area contributed by atoms with Gasteiger partial charge in [-0.2, -0.15) is 11.8 Å². The van der Waals surface area contributed by atoms with Crippen molar-refractivity contribution in [1.82, 2.24) is 10.2 Å². The average molecular weight is 568 g/mol. The summed E-state index contributed by atoms with van der Waals surface area (Å²) in [4.78, 5) is 43.3. The van der Waals surface area contributed by atoms with Gasteiger partial charge in [0.2, 0.25) is 5.91 Å². The third-order valence-electron chi connectivity index (χ3n) is 7.30. The van der Waals surface area contributed by atoms with Crippen LogP contribution in [0.5, 0.6) is 0 Å². The number of ether oxygens (including phenoxy) is 1. The van der Waals surface area contributed by atoms with Gasteiger partial charge in [0, 0.05) is 11.7 Å². The lowest BCUT2D eigenvalue weighted by atomic mass is 9.87. The van der Waals surface area contributed by atoms with Gasteiger partial charge in [-0.25, -0.2) is 4.79 Å². The summed E-state index contributed by atoms with van der Waals surface area (Å²) >= 11 is 1.61. The lowest BCUT2D eigenvalue weighted by Gasteiger charge is -2.44. The molecule has 0 radical (unpaired) electrons. The second-order valence-corrected chi connectivity index (χ2v) is 12.8. The molecule has 0 spiro atoms. The summed E-state index contributed by atoms with van der Waals surface area (Å²) < 4.78 is 5.50. The van der Waals surface area contributed by atoms with Gasteiger partial charge in [-0.3, -0.25) is 9.59 Å². The van der Waals surface area contributed by atoms with E-state index in [-0.39, 0.29) is 17.9 Å². The summed E-state index contributed by atoms with van der Waals surface area (Å²) in [5.41, 5.74) is 4.79. The van der Waals surface area contributed by atoms with E-state index in [1.165, 1.54) is 0 Å². The molecule has 0 aromatic heterocycles. The number of nitrogens with one attached hydrogen (secondary N) is 2. The second-order valence-electron chi connectivity index (χ2n) is 11.8. The van der Waals surface area contributed by atoms with Gasteiger partial charge < -0.3 is 20.3 Å². The Hall–Kier alpha value is -3.00. The van der Waals surface area contributed by atoms with Crippen LogP contribution >= 0.6 is 11.8 Å². The summed E-state index contributed by atoms with van der Waals surface area (Å²) in [6.45, 7) is 13.3. The van der Waals surface area contributed by atoms with Crippen molar-refractivity contribution in [3.63, 3.8) is 0 Å². The van der Waals surface area contributed by atoms with Crippen LogP contribution < -0.4 is 10.6 Å². The van der Waals surface area contributed by atoms with E-state index in [4.69, 9.17) is 4.74 Å². The molecule has 2 aromatic rings. The Bertz CT molecular complexity index is 1200. The predicted molar refractivity (Wildman–Crippen MR) is 164 cm³/mol. The molecule has 0 aliphatic heterocycles. The number of hydrogen-bond acceptors (Lipinski definition) is 5. The molecule has 218 valence electrons. The molecule has 1 aliphatic carbocycles. The molecule has 1 fully saturated rings. The van der Waals surface area contributed by atoms with Gasteiger partial charge >= 0.3 is 6.09 Å². The van der Waals surface area contributed by atoms with Gasteiger partial charge in [-0.1, -0.05) is 42.0 Å². The Kier molecular flexibility index (Phi) is 10.7. The highest BCUT2D eigenvalue weighted by molar-refractivity contribution is 7.98. The zero-order valence-corrected chi connectivity index (χ0v) is 26.0. The van der Waals surface area contributed by atoms with Crippen molar-refractivity contribution in [2.24, 2.45) is 0 Å². The number of carbonyl (C=O) groups excluding carboxylic acids is 3. The highest BCUT2D eigenvalue weighted by atomic mass is 32.2. The molecule has 3 amide bonds. The molecular formula is C32H45N3O4S. The predicted octanol–water partition coefficient (Wildman–Crippen LogP) is 6.63. The van der Waals surface area contributed by atoms with Crippen LogP contribution in [0.15, 0.2) is 36.4 Å². The van der Waals surface area contributed by atoms with Gasteiger partial charge in [0.05, 0.1) is 0 Å². The largest absolute Gasteiger partial charge is 0.444 e. The maximum atomic E-state index is 14.4. The molecule has 40 heavy (non-hydrogen) atoms. The smallest absolute Gasteiger partial charge is 0.408 e. The van der Waals surface area contributed by atoms with Crippen LogP contribution in [-0.2, 0) is 14.3 Å². The molecule has 2 N–H and O–H groups in total. The molecule has 3 rings (SSSR count). The fourth-order valence-electron chi connectivity index (χ4n) is 5.06. The number of para-hydroxylation sites is 1. The van der Waals surface area contributed by atoms with E-state index in [0.717, 1.165) is 52.8 Å². The second kappa shape index (κ2) is 13.6. The molecule has 2 atom stereocenters. The van der Waals surface area contributed by atoms with Crippen molar-refractivity contribution in [1.29, 1.82) is 0 Å². The van der Waals surface area contributed by atoms with E-state index < -0.39 is 23.8 Å². The fourth-order valence-corrected chi connectivity index (χ4v) is 5.53.